The Morgan fingerprint density at radius 1 is 1.50 bits per heavy atom. The van der Waals surface area contributed by atoms with Crippen molar-refractivity contribution in [2.24, 2.45) is 5.92 Å². The summed E-state index contributed by atoms with van der Waals surface area (Å²) in [5.74, 6) is 0.836. The zero-order valence-electron chi connectivity index (χ0n) is 8.52. The highest BCUT2D eigenvalue weighted by Crippen LogP contribution is 2.21. The van der Waals surface area contributed by atoms with Crippen molar-refractivity contribution in [3.63, 3.8) is 0 Å². The number of hydrogen-bond donors (Lipinski definition) is 1. The average molecular weight is 254 g/mol. The Balaban J connectivity index is 2.10. The second kappa shape index (κ2) is 4.45. The molecule has 1 aliphatic heterocycles. The highest BCUT2D eigenvalue weighted by molar-refractivity contribution is 9.10. The predicted molar refractivity (Wildman–Crippen MR) is 63.6 cm³/mol. The van der Waals surface area contributed by atoms with E-state index in [1.807, 2.05) is 0 Å². The van der Waals surface area contributed by atoms with Crippen LogP contribution in [0.4, 0.5) is 0 Å². The fraction of sp³-hybridized carbons (Fsp3) is 0.500. The van der Waals surface area contributed by atoms with Gasteiger partial charge in [-0.1, -0.05) is 22.0 Å². The molecule has 1 nitrogen and oxygen atoms in total. The van der Waals surface area contributed by atoms with Crippen LogP contribution in [0.3, 0.4) is 0 Å². The van der Waals surface area contributed by atoms with Crippen LogP contribution in [0.2, 0.25) is 0 Å². The van der Waals surface area contributed by atoms with Crippen LogP contribution in [0.25, 0.3) is 0 Å². The highest BCUT2D eigenvalue weighted by Gasteiger charge is 2.15. The standard InChI is InChI=1S/C12H16BrN/c1-9-2-3-12(13)7-11(9)6-10-4-5-14-8-10/h2-3,7,10,14H,4-6,8H2,1H3. The van der Waals surface area contributed by atoms with Gasteiger partial charge in [0.15, 0.2) is 0 Å². The van der Waals surface area contributed by atoms with E-state index in [4.69, 9.17) is 0 Å². The lowest BCUT2D eigenvalue weighted by molar-refractivity contribution is 0.578. The summed E-state index contributed by atoms with van der Waals surface area (Å²) in [5, 5.41) is 3.41. The predicted octanol–water partition coefficient (Wildman–Crippen LogP) is 2.91. The minimum absolute atomic E-state index is 0.836. The van der Waals surface area contributed by atoms with E-state index in [1.54, 1.807) is 0 Å². The van der Waals surface area contributed by atoms with E-state index in [0.29, 0.717) is 0 Å². The van der Waals surface area contributed by atoms with Crippen LogP contribution in [0.15, 0.2) is 22.7 Å². The molecule has 2 heteroatoms. The fourth-order valence-corrected chi connectivity index (χ4v) is 2.47. The maximum Gasteiger partial charge on any atom is 0.0178 e. The van der Waals surface area contributed by atoms with Crippen LogP contribution in [0.5, 0.6) is 0 Å². The van der Waals surface area contributed by atoms with Crippen molar-refractivity contribution in [2.45, 2.75) is 19.8 Å². The molecule has 1 aromatic rings. The Morgan fingerprint density at radius 2 is 2.36 bits per heavy atom. The van der Waals surface area contributed by atoms with Gasteiger partial charge in [0.25, 0.3) is 0 Å². The number of nitrogens with one attached hydrogen (secondary N) is 1. The lowest BCUT2D eigenvalue weighted by Gasteiger charge is -2.11. The molecule has 1 N–H and O–H groups in total. The zero-order chi connectivity index (χ0) is 9.97. The van der Waals surface area contributed by atoms with Crippen LogP contribution < -0.4 is 5.32 Å². The number of benzene rings is 1. The van der Waals surface area contributed by atoms with E-state index >= 15 is 0 Å². The van der Waals surface area contributed by atoms with Gasteiger partial charge in [0.05, 0.1) is 0 Å². The molecule has 1 fully saturated rings. The van der Waals surface area contributed by atoms with Gasteiger partial charge in [0, 0.05) is 4.47 Å². The van der Waals surface area contributed by atoms with Crippen LogP contribution in [0.1, 0.15) is 17.5 Å². The van der Waals surface area contributed by atoms with E-state index in [1.165, 1.54) is 41.5 Å². The first-order chi connectivity index (χ1) is 6.75. The molecule has 1 atom stereocenters. The molecule has 0 aromatic heterocycles. The largest absolute Gasteiger partial charge is 0.316 e. The molecule has 76 valence electrons. The van der Waals surface area contributed by atoms with Crippen molar-refractivity contribution in [2.75, 3.05) is 13.1 Å². The lowest BCUT2D eigenvalue weighted by atomic mass is 9.96. The topological polar surface area (TPSA) is 12.0 Å². The Labute approximate surface area is 94.0 Å². The normalized spacial score (nSPS) is 21.4. The summed E-state index contributed by atoms with van der Waals surface area (Å²) in [4.78, 5) is 0. The molecule has 1 saturated heterocycles. The van der Waals surface area contributed by atoms with Crippen molar-refractivity contribution in [3.8, 4) is 0 Å². The Hall–Kier alpha value is -0.340. The quantitative estimate of drug-likeness (QED) is 0.855. The van der Waals surface area contributed by atoms with Crippen LogP contribution in [-0.4, -0.2) is 13.1 Å². The van der Waals surface area contributed by atoms with Crippen molar-refractivity contribution >= 4 is 15.9 Å². The molecule has 1 aromatic carbocycles. The first-order valence-corrected chi connectivity index (χ1v) is 6.01. The molecule has 0 amide bonds. The summed E-state index contributed by atoms with van der Waals surface area (Å²) >= 11 is 3.53. The molecule has 0 aliphatic carbocycles. The van der Waals surface area contributed by atoms with Gasteiger partial charge < -0.3 is 5.32 Å². The van der Waals surface area contributed by atoms with Gasteiger partial charge in [-0.2, -0.15) is 0 Å². The molecule has 14 heavy (non-hydrogen) atoms. The first kappa shape index (κ1) is 10.2. The third-order valence-corrected chi connectivity index (χ3v) is 3.48. The van der Waals surface area contributed by atoms with Crippen molar-refractivity contribution in [1.29, 1.82) is 0 Å². The molecule has 0 spiro atoms. The van der Waals surface area contributed by atoms with Gasteiger partial charge in [-0.05, 0) is 62.0 Å². The Morgan fingerprint density at radius 3 is 3.07 bits per heavy atom. The SMILES string of the molecule is Cc1ccc(Br)cc1CC1CCNC1. The molecule has 0 radical (unpaired) electrons. The van der Waals surface area contributed by atoms with Crippen LogP contribution in [-0.2, 0) is 6.42 Å². The third-order valence-electron chi connectivity index (χ3n) is 2.98. The molecular weight excluding hydrogens is 238 g/mol. The molecule has 0 bridgehead atoms. The number of rotatable bonds is 2. The van der Waals surface area contributed by atoms with Crippen LogP contribution in [0, 0.1) is 12.8 Å². The molecule has 1 aliphatic rings. The highest BCUT2D eigenvalue weighted by atomic mass is 79.9. The van der Waals surface area contributed by atoms with E-state index in [2.05, 4.69) is 46.4 Å². The van der Waals surface area contributed by atoms with Crippen molar-refractivity contribution in [3.05, 3.63) is 33.8 Å². The maximum absolute atomic E-state index is 3.53. The summed E-state index contributed by atoms with van der Waals surface area (Å²) in [6.45, 7) is 4.58. The summed E-state index contributed by atoms with van der Waals surface area (Å²) < 4.78 is 1.20. The molecule has 2 rings (SSSR count). The molecule has 1 unspecified atom stereocenters. The molecular formula is C12H16BrN. The van der Waals surface area contributed by atoms with Gasteiger partial charge in [-0.25, -0.2) is 0 Å². The second-order valence-electron chi connectivity index (χ2n) is 4.13. The monoisotopic (exact) mass is 253 g/mol. The zero-order valence-corrected chi connectivity index (χ0v) is 10.1. The lowest BCUT2D eigenvalue weighted by Crippen LogP contribution is -2.11. The molecule has 0 saturated carbocycles. The fourth-order valence-electron chi connectivity index (χ4n) is 2.06. The second-order valence-corrected chi connectivity index (χ2v) is 5.05. The van der Waals surface area contributed by atoms with Gasteiger partial charge in [-0.3, -0.25) is 0 Å². The van der Waals surface area contributed by atoms with Crippen molar-refractivity contribution in [1.82, 2.24) is 5.32 Å². The third kappa shape index (κ3) is 2.37. The van der Waals surface area contributed by atoms with E-state index < -0.39 is 0 Å². The summed E-state index contributed by atoms with van der Waals surface area (Å²) in [6, 6.07) is 6.57. The average Bonchev–Trinajstić information content (AvgIpc) is 2.64. The van der Waals surface area contributed by atoms with Gasteiger partial charge in [0.1, 0.15) is 0 Å². The molecule has 1 heterocycles. The van der Waals surface area contributed by atoms with Crippen molar-refractivity contribution < 1.29 is 0 Å². The Kier molecular flexibility index (Phi) is 3.24. The summed E-state index contributed by atoms with van der Waals surface area (Å²) in [7, 11) is 0. The van der Waals surface area contributed by atoms with Crippen LogP contribution >= 0.6 is 15.9 Å². The summed E-state index contributed by atoms with van der Waals surface area (Å²) in [6.07, 6.45) is 2.55. The van der Waals surface area contributed by atoms with E-state index in [0.717, 1.165) is 5.92 Å². The maximum atomic E-state index is 3.53. The Bertz CT molecular complexity index is 316. The van der Waals surface area contributed by atoms with E-state index in [-0.39, 0.29) is 0 Å². The van der Waals surface area contributed by atoms with Gasteiger partial charge in [0.2, 0.25) is 0 Å². The van der Waals surface area contributed by atoms with E-state index in [9.17, 15) is 0 Å². The van der Waals surface area contributed by atoms with Gasteiger partial charge >= 0.3 is 0 Å². The smallest absolute Gasteiger partial charge is 0.0178 e. The summed E-state index contributed by atoms with van der Waals surface area (Å²) in [5.41, 5.74) is 2.91. The minimum atomic E-state index is 0.836. The first-order valence-electron chi connectivity index (χ1n) is 5.21. The minimum Gasteiger partial charge on any atom is -0.316 e. The number of aryl methyl sites for hydroxylation is 1. The number of hydrogen-bond acceptors (Lipinski definition) is 1. The van der Waals surface area contributed by atoms with Gasteiger partial charge in [-0.15, -0.1) is 0 Å². The number of halogens is 1.